The Morgan fingerprint density at radius 1 is 1.40 bits per heavy atom. The molecule has 0 radical (unpaired) electrons. The maximum absolute atomic E-state index is 11.5. The second kappa shape index (κ2) is 5.87. The summed E-state index contributed by atoms with van der Waals surface area (Å²) in [5.41, 5.74) is -0.0200. The van der Waals surface area contributed by atoms with Gasteiger partial charge in [-0.3, -0.25) is 15.0 Å². The van der Waals surface area contributed by atoms with Gasteiger partial charge < -0.3 is 10.0 Å². The molecule has 1 saturated heterocycles. The van der Waals surface area contributed by atoms with Gasteiger partial charge in [0, 0.05) is 12.1 Å². The highest BCUT2D eigenvalue weighted by Crippen LogP contribution is 2.31. The maximum atomic E-state index is 11.5. The minimum atomic E-state index is -1.14. The van der Waals surface area contributed by atoms with Gasteiger partial charge in [0.05, 0.1) is 4.92 Å². The number of anilines is 1. The van der Waals surface area contributed by atoms with Gasteiger partial charge in [0.2, 0.25) is 0 Å². The fourth-order valence-electron chi connectivity index (χ4n) is 2.53. The summed E-state index contributed by atoms with van der Waals surface area (Å²) in [5, 5.41) is 20.5. The van der Waals surface area contributed by atoms with Crippen molar-refractivity contribution < 1.29 is 14.8 Å². The molecule has 1 aromatic rings. The molecule has 0 bridgehead atoms. The topological polar surface area (TPSA) is 86.9 Å². The molecular weight excluding hydrogens is 262 g/mol. The fraction of sp³-hybridized carbons (Fsp3) is 0.462. The minimum Gasteiger partial charge on any atom is -0.465 e. The zero-order chi connectivity index (χ0) is 14.7. The Kier molecular flexibility index (Phi) is 4.19. The lowest BCUT2D eigenvalue weighted by Crippen LogP contribution is -2.46. The van der Waals surface area contributed by atoms with Crippen molar-refractivity contribution in [3.63, 3.8) is 0 Å². The standard InChI is InChI=1S/C13H17N3O4/c1-14-8-6-10(7-9-14)15(13(17)18)11-4-2-3-5-12(11)16(19)20/h2-5,10H,6-9H2,1H3,(H,17,18). The molecule has 0 aromatic heterocycles. The lowest BCUT2D eigenvalue weighted by Gasteiger charge is -2.35. The molecule has 0 saturated carbocycles. The van der Waals surface area contributed by atoms with E-state index in [1.165, 1.54) is 18.2 Å². The molecule has 0 spiro atoms. The molecule has 108 valence electrons. The quantitative estimate of drug-likeness (QED) is 0.676. The molecule has 1 N–H and O–H groups in total. The summed E-state index contributed by atoms with van der Waals surface area (Å²) >= 11 is 0. The Labute approximate surface area is 116 Å². The first kappa shape index (κ1) is 14.3. The van der Waals surface area contributed by atoms with Crippen molar-refractivity contribution >= 4 is 17.5 Å². The molecule has 1 fully saturated rings. The Bertz CT molecular complexity index is 512. The summed E-state index contributed by atoms with van der Waals surface area (Å²) in [6.45, 7) is 1.57. The number of piperidine rings is 1. The molecular formula is C13H17N3O4. The van der Waals surface area contributed by atoms with Crippen LogP contribution in [0.25, 0.3) is 0 Å². The molecule has 1 heterocycles. The number of amides is 1. The van der Waals surface area contributed by atoms with Crippen molar-refractivity contribution in [3.8, 4) is 0 Å². The van der Waals surface area contributed by atoms with E-state index in [4.69, 9.17) is 0 Å². The number of nitrogens with zero attached hydrogens (tertiary/aromatic N) is 3. The Morgan fingerprint density at radius 3 is 2.55 bits per heavy atom. The summed E-state index contributed by atoms with van der Waals surface area (Å²) in [6.07, 6.45) is 0.206. The number of carboxylic acid groups (broad SMARTS) is 1. The average molecular weight is 279 g/mol. The highest BCUT2D eigenvalue weighted by Gasteiger charge is 2.32. The third-order valence-corrected chi connectivity index (χ3v) is 3.60. The van der Waals surface area contributed by atoms with Gasteiger partial charge in [0.1, 0.15) is 5.69 Å². The molecule has 7 heteroatoms. The number of likely N-dealkylation sites (tertiary alicyclic amines) is 1. The number of hydrogen-bond acceptors (Lipinski definition) is 4. The van der Waals surface area contributed by atoms with Crippen molar-refractivity contribution in [2.24, 2.45) is 0 Å². The number of rotatable bonds is 3. The maximum Gasteiger partial charge on any atom is 0.412 e. The first-order valence-corrected chi connectivity index (χ1v) is 6.45. The molecule has 20 heavy (non-hydrogen) atoms. The van der Waals surface area contributed by atoms with E-state index in [2.05, 4.69) is 4.90 Å². The van der Waals surface area contributed by atoms with E-state index < -0.39 is 11.0 Å². The van der Waals surface area contributed by atoms with E-state index in [1.807, 2.05) is 7.05 Å². The van der Waals surface area contributed by atoms with Gasteiger partial charge >= 0.3 is 6.09 Å². The van der Waals surface area contributed by atoms with Gasteiger partial charge in [0.25, 0.3) is 5.69 Å². The lowest BCUT2D eigenvalue weighted by atomic mass is 10.0. The van der Waals surface area contributed by atoms with Crippen LogP contribution >= 0.6 is 0 Å². The van der Waals surface area contributed by atoms with Gasteiger partial charge in [-0.1, -0.05) is 12.1 Å². The van der Waals surface area contributed by atoms with Crippen LogP contribution in [0.4, 0.5) is 16.2 Å². The Morgan fingerprint density at radius 2 is 2.00 bits per heavy atom. The normalized spacial score (nSPS) is 16.9. The van der Waals surface area contributed by atoms with E-state index >= 15 is 0 Å². The zero-order valence-electron chi connectivity index (χ0n) is 11.2. The van der Waals surface area contributed by atoms with Crippen molar-refractivity contribution in [3.05, 3.63) is 34.4 Å². The smallest absolute Gasteiger partial charge is 0.412 e. The van der Waals surface area contributed by atoms with Crippen molar-refractivity contribution in [2.45, 2.75) is 18.9 Å². The van der Waals surface area contributed by atoms with Crippen LogP contribution in [0.1, 0.15) is 12.8 Å². The number of carbonyl (C=O) groups is 1. The SMILES string of the molecule is CN1CCC(N(C(=O)O)c2ccccc2[N+](=O)[O-])CC1. The molecule has 0 aliphatic carbocycles. The monoisotopic (exact) mass is 279 g/mol. The van der Waals surface area contributed by atoms with Gasteiger partial charge in [-0.25, -0.2) is 4.79 Å². The second-order valence-electron chi connectivity index (χ2n) is 4.93. The Balaban J connectivity index is 2.34. The first-order chi connectivity index (χ1) is 9.50. The Hall–Kier alpha value is -2.15. The van der Waals surface area contributed by atoms with Crippen LogP contribution in [0.15, 0.2) is 24.3 Å². The first-order valence-electron chi connectivity index (χ1n) is 6.45. The van der Waals surface area contributed by atoms with Crippen molar-refractivity contribution in [2.75, 3.05) is 25.0 Å². The molecule has 0 atom stereocenters. The highest BCUT2D eigenvalue weighted by atomic mass is 16.6. The van der Waals surface area contributed by atoms with Crippen LogP contribution in [-0.2, 0) is 0 Å². The van der Waals surface area contributed by atoms with Crippen LogP contribution in [0.5, 0.6) is 0 Å². The molecule has 1 aliphatic heterocycles. The summed E-state index contributed by atoms with van der Waals surface area (Å²) in [6, 6.07) is 5.76. The zero-order valence-corrected chi connectivity index (χ0v) is 11.2. The van der Waals surface area contributed by atoms with Crippen LogP contribution in [0.3, 0.4) is 0 Å². The van der Waals surface area contributed by atoms with Gasteiger partial charge in [-0.2, -0.15) is 0 Å². The number of hydrogen-bond donors (Lipinski definition) is 1. The molecule has 1 amide bonds. The largest absolute Gasteiger partial charge is 0.465 e. The van der Waals surface area contributed by atoms with Crippen molar-refractivity contribution in [1.82, 2.24) is 4.90 Å². The summed E-state index contributed by atoms with van der Waals surface area (Å²) in [4.78, 5) is 25.3. The van der Waals surface area contributed by atoms with Crippen LogP contribution in [0, 0.1) is 10.1 Å². The van der Waals surface area contributed by atoms with Crippen LogP contribution < -0.4 is 4.90 Å². The number of nitro groups is 1. The third kappa shape index (κ3) is 2.88. The molecule has 0 unspecified atom stereocenters. The van der Waals surface area contributed by atoms with Gasteiger partial charge in [0.15, 0.2) is 0 Å². The van der Waals surface area contributed by atoms with Gasteiger partial charge in [-0.05, 0) is 39.0 Å². The van der Waals surface area contributed by atoms with E-state index in [9.17, 15) is 20.0 Å². The predicted molar refractivity (Wildman–Crippen MR) is 74.1 cm³/mol. The summed E-state index contributed by atoms with van der Waals surface area (Å²) in [7, 11) is 1.98. The van der Waals surface area contributed by atoms with E-state index in [1.54, 1.807) is 6.07 Å². The number of para-hydroxylation sites is 2. The van der Waals surface area contributed by atoms with E-state index in [-0.39, 0.29) is 17.4 Å². The van der Waals surface area contributed by atoms with Crippen LogP contribution in [0.2, 0.25) is 0 Å². The van der Waals surface area contributed by atoms with E-state index in [0.717, 1.165) is 18.0 Å². The minimum absolute atomic E-state index is 0.152. The summed E-state index contributed by atoms with van der Waals surface area (Å²) in [5.74, 6) is 0. The molecule has 7 nitrogen and oxygen atoms in total. The molecule has 1 aliphatic rings. The predicted octanol–water partition coefficient (Wildman–Crippen LogP) is 2.17. The third-order valence-electron chi connectivity index (χ3n) is 3.60. The molecule has 1 aromatic carbocycles. The van der Waals surface area contributed by atoms with Crippen molar-refractivity contribution in [1.29, 1.82) is 0 Å². The number of nitro benzene ring substituents is 1. The number of benzene rings is 1. The lowest BCUT2D eigenvalue weighted by molar-refractivity contribution is -0.384. The average Bonchev–Trinajstić information content (AvgIpc) is 2.41. The van der Waals surface area contributed by atoms with Crippen LogP contribution in [-0.4, -0.2) is 47.2 Å². The second-order valence-corrected chi connectivity index (χ2v) is 4.93. The summed E-state index contributed by atoms with van der Waals surface area (Å²) < 4.78 is 0. The van der Waals surface area contributed by atoms with E-state index in [0.29, 0.717) is 12.8 Å². The molecule has 2 rings (SSSR count). The fourth-order valence-corrected chi connectivity index (χ4v) is 2.53. The van der Waals surface area contributed by atoms with Gasteiger partial charge in [-0.15, -0.1) is 0 Å². The highest BCUT2D eigenvalue weighted by molar-refractivity contribution is 5.90.